The number of ketones is 1. The first-order valence-corrected chi connectivity index (χ1v) is 19.8. The Morgan fingerprint density at radius 2 is 1.22 bits per heavy atom. The Bertz CT molecular complexity index is 1460. The highest BCUT2D eigenvalue weighted by atomic mass is 31.2. The molecule has 0 aromatic heterocycles. The summed E-state index contributed by atoms with van der Waals surface area (Å²) >= 11 is 0. The molecular weight excluding hydrogens is 671 g/mol. The molecule has 1 heterocycles. The van der Waals surface area contributed by atoms with Crippen molar-refractivity contribution in [2.24, 2.45) is 0 Å². The van der Waals surface area contributed by atoms with Crippen molar-refractivity contribution in [1.82, 2.24) is 0 Å². The number of carbonyl (C=O) groups is 2. The Kier molecular flexibility index (Phi) is 16.3. The molecule has 51 heavy (non-hydrogen) atoms. The number of hydrogen-bond donors (Lipinski definition) is 3. The Labute approximate surface area is 301 Å². The third-order valence-corrected chi connectivity index (χ3v) is 11.7. The van der Waals surface area contributed by atoms with Gasteiger partial charge in [0.1, 0.15) is 37.6 Å². The second kappa shape index (κ2) is 20.6. The molecule has 1 fully saturated rings. The molecule has 5 atom stereocenters. The molecular formula is C40H53O10P. The first-order valence-electron chi connectivity index (χ1n) is 18.2. The molecule has 0 saturated carbocycles. The summed E-state index contributed by atoms with van der Waals surface area (Å²) in [6.07, 6.45) is 3.35. The molecule has 4 rings (SSSR count). The van der Waals surface area contributed by atoms with E-state index in [9.17, 15) is 29.5 Å². The maximum atomic E-state index is 14.8. The molecule has 1 aliphatic heterocycles. The molecule has 11 heteroatoms. The number of Topliss-reactive ketones (excluding diaryl/α,β-unsaturated/α-hetero) is 1. The lowest BCUT2D eigenvalue weighted by molar-refractivity contribution is -0.327. The molecule has 278 valence electrons. The molecule has 10 nitrogen and oxygen atoms in total. The zero-order valence-electron chi connectivity index (χ0n) is 29.5. The van der Waals surface area contributed by atoms with Gasteiger partial charge in [-0.05, 0) is 36.2 Å². The van der Waals surface area contributed by atoms with Gasteiger partial charge in [-0.3, -0.25) is 9.36 Å². The highest BCUT2D eigenvalue weighted by Crippen LogP contribution is 2.49. The molecule has 0 amide bonds. The minimum Gasteiger partial charge on any atom is -0.431 e. The topological polar surface area (TPSA) is 149 Å². The van der Waals surface area contributed by atoms with E-state index in [0.29, 0.717) is 17.0 Å². The van der Waals surface area contributed by atoms with Crippen LogP contribution >= 0.6 is 7.37 Å². The molecule has 1 unspecified atom stereocenters. The van der Waals surface area contributed by atoms with Crippen molar-refractivity contribution in [3.8, 4) is 0 Å². The van der Waals surface area contributed by atoms with Crippen LogP contribution in [0.3, 0.4) is 0 Å². The third kappa shape index (κ3) is 11.6. The fraction of sp³-hybridized carbons (Fsp3) is 0.500. The normalized spacial score (nSPS) is 22.0. The number of aliphatic hydroxyl groups excluding tert-OH is 2. The predicted octanol–water partition coefficient (Wildman–Crippen LogP) is 6.73. The van der Waals surface area contributed by atoms with Crippen LogP contribution in [-0.4, -0.2) is 64.1 Å². The molecule has 3 aromatic carbocycles. The van der Waals surface area contributed by atoms with Crippen LogP contribution in [0.2, 0.25) is 0 Å². The highest BCUT2D eigenvalue weighted by molar-refractivity contribution is 7.74. The monoisotopic (exact) mass is 724 g/mol. The van der Waals surface area contributed by atoms with Gasteiger partial charge >= 0.3 is 6.16 Å². The van der Waals surface area contributed by atoms with Crippen molar-refractivity contribution in [2.75, 3.05) is 6.61 Å². The standard InChI is InChI=1S/C40H53O10P/c1-2-3-4-5-6-7-8-9-10-11-21-28-35(41)40(45)38(43)36(42)37(34(49-40)30-48-39(44)47-29-31-22-15-12-16-23-31)50-51(46,32-24-17-13-18-25-32)33-26-19-14-20-27-33/h12-20,22-27,34,36-38,42-43,45H,2-11,21,28-30H2,1H3/t34-,36+,37-,38-,40?/m1/s1. The number of unbranched alkanes of at least 4 members (excludes halogenated alkanes) is 10. The summed E-state index contributed by atoms with van der Waals surface area (Å²) in [5.74, 6) is -3.65. The van der Waals surface area contributed by atoms with Crippen molar-refractivity contribution < 1.29 is 48.2 Å². The molecule has 1 saturated heterocycles. The maximum Gasteiger partial charge on any atom is 0.508 e. The van der Waals surface area contributed by atoms with E-state index >= 15 is 0 Å². The van der Waals surface area contributed by atoms with E-state index in [-0.39, 0.29) is 13.0 Å². The number of carbonyl (C=O) groups excluding carboxylic acids is 2. The Hall–Kier alpha value is -3.37. The average molecular weight is 725 g/mol. The molecule has 1 aliphatic rings. The van der Waals surface area contributed by atoms with Crippen molar-refractivity contribution in [2.45, 2.75) is 121 Å². The number of ether oxygens (including phenoxy) is 3. The number of hydrogen-bond acceptors (Lipinski definition) is 10. The summed E-state index contributed by atoms with van der Waals surface area (Å²) in [6, 6.07) is 25.6. The highest BCUT2D eigenvalue weighted by Gasteiger charge is 2.59. The summed E-state index contributed by atoms with van der Waals surface area (Å²) in [5, 5.41) is 34.8. The Morgan fingerprint density at radius 1 is 0.725 bits per heavy atom. The van der Waals surface area contributed by atoms with E-state index in [1.807, 2.05) is 6.07 Å². The lowest BCUT2D eigenvalue weighted by atomic mass is 9.88. The van der Waals surface area contributed by atoms with Crippen LogP contribution < -0.4 is 10.6 Å². The molecule has 0 radical (unpaired) electrons. The van der Waals surface area contributed by atoms with E-state index < -0.39 is 56.1 Å². The van der Waals surface area contributed by atoms with Crippen molar-refractivity contribution in [3.05, 3.63) is 96.6 Å². The number of benzene rings is 3. The zero-order valence-corrected chi connectivity index (χ0v) is 30.4. The Balaban J connectivity index is 1.45. The lowest BCUT2D eigenvalue weighted by Gasteiger charge is -2.46. The van der Waals surface area contributed by atoms with Crippen LogP contribution in [0.15, 0.2) is 91.0 Å². The number of rotatable bonds is 21. The minimum atomic E-state index is -3.99. The van der Waals surface area contributed by atoms with Gasteiger partial charge in [0.25, 0.3) is 13.2 Å². The second-order valence-electron chi connectivity index (χ2n) is 13.1. The summed E-state index contributed by atoms with van der Waals surface area (Å²) in [7, 11) is -3.99. The smallest absolute Gasteiger partial charge is 0.431 e. The fourth-order valence-electron chi connectivity index (χ4n) is 6.22. The van der Waals surface area contributed by atoms with Gasteiger partial charge in [-0.15, -0.1) is 0 Å². The van der Waals surface area contributed by atoms with Gasteiger partial charge in [0.15, 0.2) is 5.78 Å². The molecule has 0 spiro atoms. The Morgan fingerprint density at radius 3 is 1.75 bits per heavy atom. The van der Waals surface area contributed by atoms with E-state index in [1.54, 1.807) is 84.9 Å². The van der Waals surface area contributed by atoms with Crippen molar-refractivity contribution in [1.29, 1.82) is 0 Å². The van der Waals surface area contributed by atoms with Crippen molar-refractivity contribution in [3.63, 3.8) is 0 Å². The van der Waals surface area contributed by atoms with Crippen LogP contribution in [0, 0.1) is 0 Å². The van der Waals surface area contributed by atoms with Crippen LogP contribution in [0.1, 0.15) is 89.5 Å². The van der Waals surface area contributed by atoms with Crippen LogP contribution in [0.5, 0.6) is 0 Å². The second-order valence-corrected chi connectivity index (χ2v) is 15.5. The van der Waals surface area contributed by atoms with E-state index in [0.717, 1.165) is 31.2 Å². The van der Waals surface area contributed by atoms with Gasteiger partial charge < -0.3 is 34.1 Å². The van der Waals surface area contributed by atoms with E-state index in [1.165, 1.54) is 38.5 Å². The van der Waals surface area contributed by atoms with Gasteiger partial charge in [-0.25, -0.2) is 4.79 Å². The molecule has 0 aliphatic carbocycles. The molecule has 3 N–H and O–H groups in total. The SMILES string of the molecule is CCCCCCCCCCCCCC(=O)C1(O)O[C@H](COC(=O)OCc2ccccc2)[C@@H](OP(=O)(c2ccccc2)c2ccccc2)[C@H](O)[C@H]1O. The van der Waals surface area contributed by atoms with E-state index in [4.69, 9.17) is 18.7 Å². The van der Waals surface area contributed by atoms with Crippen molar-refractivity contribution >= 4 is 29.9 Å². The first-order chi connectivity index (χ1) is 24.7. The fourth-order valence-corrected chi connectivity index (χ4v) is 8.49. The first kappa shape index (κ1) is 40.4. The summed E-state index contributed by atoms with van der Waals surface area (Å²) in [5.41, 5.74) is 0.720. The maximum absolute atomic E-state index is 14.8. The lowest BCUT2D eigenvalue weighted by Crippen LogP contribution is -2.68. The van der Waals surface area contributed by atoms with Gasteiger partial charge in [-0.2, -0.15) is 0 Å². The van der Waals surface area contributed by atoms with Crippen LogP contribution in [0.25, 0.3) is 0 Å². The van der Waals surface area contributed by atoms with E-state index in [2.05, 4.69) is 6.92 Å². The average Bonchev–Trinajstić information content (AvgIpc) is 3.16. The minimum absolute atomic E-state index is 0.0783. The van der Waals surface area contributed by atoms with Gasteiger partial charge in [-0.1, -0.05) is 138 Å². The quantitative estimate of drug-likeness (QED) is 0.0613. The number of aliphatic hydroxyl groups is 3. The summed E-state index contributed by atoms with van der Waals surface area (Å²) in [4.78, 5) is 26.1. The predicted molar refractivity (Wildman–Crippen MR) is 195 cm³/mol. The third-order valence-electron chi connectivity index (χ3n) is 9.19. The van der Waals surface area contributed by atoms with Gasteiger partial charge in [0.2, 0.25) is 0 Å². The largest absolute Gasteiger partial charge is 0.508 e. The summed E-state index contributed by atoms with van der Waals surface area (Å²) in [6.45, 7) is 1.47. The summed E-state index contributed by atoms with van der Waals surface area (Å²) < 4.78 is 37.3. The van der Waals surface area contributed by atoms with Crippen LogP contribution in [0.4, 0.5) is 4.79 Å². The molecule has 3 aromatic rings. The van der Waals surface area contributed by atoms with Crippen LogP contribution in [-0.2, 0) is 34.7 Å². The van der Waals surface area contributed by atoms with Gasteiger partial charge in [0.05, 0.1) is 0 Å². The van der Waals surface area contributed by atoms with Gasteiger partial charge in [0, 0.05) is 17.0 Å². The zero-order chi connectivity index (χ0) is 36.5. The molecule has 0 bridgehead atoms.